The molecule has 5 radical (unpaired) electrons. The molecule has 2 unspecified atom stereocenters. The SMILES string of the molecule is CCP1CCPCCPCC1.C[Si](C)(C)[C]1[CH][CH][C]([Si](C)(C)C)[CH]1.F[B-](F)(F)F.[Fe+2]. The van der Waals surface area contributed by atoms with Crippen LogP contribution in [0.25, 0.3) is 0 Å². The fourth-order valence-corrected chi connectivity index (χ4v) is 11.8. The summed E-state index contributed by atoms with van der Waals surface area (Å²) >= 11 is 0. The Morgan fingerprint density at radius 3 is 1.37 bits per heavy atom. The summed E-state index contributed by atoms with van der Waals surface area (Å²) in [6.45, 7) is 16.9. The average molecular weight is 560 g/mol. The molecule has 0 N–H and O–H groups in total. The van der Waals surface area contributed by atoms with Crippen molar-refractivity contribution in [2.45, 2.75) is 46.2 Å². The Labute approximate surface area is 202 Å². The number of halogens is 4. The first-order valence-corrected chi connectivity index (χ1v) is 22.2. The van der Waals surface area contributed by atoms with Gasteiger partial charge in [0, 0.05) is 0 Å². The van der Waals surface area contributed by atoms with Crippen molar-refractivity contribution >= 4 is 48.5 Å². The van der Waals surface area contributed by atoms with Gasteiger partial charge in [0.25, 0.3) is 0 Å². The second kappa shape index (κ2) is 16.6. The Morgan fingerprint density at radius 2 is 1.13 bits per heavy atom. The van der Waals surface area contributed by atoms with Crippen LogP contribution in [0.4, 0.5) is 17.3 Å². The van der Waals surface area contributed by atoms with E-state index in [4.69, 9.17) is 0 Å². The predicted molar refractivity (Wildman–Crippen MR) is 140 cm³/mol. The minimum Gasteiger partial charge on any atom is -0.418 e. The van der Waals surface area contributed by atoms with Crippen molar-refractivity contribution in [1.82, 2.24) is 0 Å². The second-order valence-electron chi connectivity index (χ2n) is 9.32. The molecule has 2 fully saturated rings. The van der Waals surface area contributed by atoms with Gasteiger partial charge in [-0.2, -0.15) is 0 Å². The van der Waals surface area contributed by atoms with Crippen molar-refractivity contribution in [2.24, 2.45) is 0 Å². The average Bonchev–Trinajstić information content (AvgIpc) is 3.08. The molecule has 0 amide bonds. The minimum atomic E-state index is -6.00. The molecule has 1 saturated heterocycles. The third kappa shape index (κ3) is 19.5. The first-order chi connectivity index (χ1) is 13.1. The van der Waals surface area contributed by atoms with Crippen LogP contribution in [0.2, 0.25) is 39.3 Å². The zero-order chi connectivity index (χ0) is 22.7. The first kappa shape index (κ1) is 34.2. The Balaban J connectivity index is 0. The summed E-state index contributed by atoms with van der Waals surface area (Å²) in [5, 5.41) is 0. The van der Waals surface area contributed by atoms with E-state index in [0.717, 1.165) is 0 Å². The largest absolute Gasteiger partial charge is 2.00 e. The maximum Gasteiger partial charge on any atom is 2.00 e. The molecule has 2 rings (SSSR count). The maximum atomic E-state index is 9.75. The molecule has 1 heterocycles. The van der Waals surface area contributed by atoms with E-state index in [-0.39, 0.29) is 17.1 Å². The zero-order valence-electron chi connectivity index (χ0n) is 19.6. The molecule has 2 atom stereocenters. The number of hydrogen-bond acceptors (Lipinski definition) is 0. The molecule has 1 aliphatic heterocycles. The standard InChI is InChI=1S/C11H21Si2.C8H19P3.BF4.Fe/c1-12(2,3)10-7-8-11(9-10)13(4,5)6;1-2-11-7-5-9-3-4-10-6-8-11;2-1(3,4)5;/h7-9H,1-6H3;9-10H,2-8H2,1H3;;/q;;-1;+2. The number of rotatable bonds is 3. The van der Waals surface area contributed by atoms with Crippen LogP contribution in [0.1, 0.15) is 6.92 Å². The molecule has 177 valence electrons. The van der Waals surface area contributed by atoms with Crippen molar-refractivity contribution in [2.75, 3.05) is 43.1 Å². The summed E-state index contributed by atoms with van der Waals surface area (Å²) in [6, 6.07) is 0. The molecule has 0 aromatic heterocycles. The number of hydrogen-bond donors (Lipinski definition) is 0. The van der Waals surface area contributed by atoms with E-state index in [0.29, 0.717) is 7.92 Å². The Hall–Kier alpha value is 2.03. The van der Waals surface area contributed by atoms with E-state index in [1.165, 1.54) is 23.3 Å². The van der Waals surface area contributed by atoms with Crippen molar-refractivity contribution < 1.29 is 34.3 Å². The van der Waals surface area contributed by atoms with Gasteiger partial charge in [-0.15, -0.1) is 25.1 Å². The maximum absolute atomic E-state index is 9.75. The van der Waals surface area contributed by atoms with Crippen LogP contribution in [0.15, 0.2) is 0 Å². The molecule has 0 nitrogen and oxygen atoms in total. The van der Waals surface area contributed by atoms with Gasteiger partial charge >= 0.3 is 24.3 Å². The van der Waals surface area contributed by atoms with Crippen LogP contribution >= 0.6 is 25.1 Å². The summed E-state index contributed by atoms with van der Waals surface area (Å²) in [5.74, 6) is 0. The molecule has 30 heavy (non-hydrogen) atoms. The van der Waals surface area contributed by atoms with E-state index < -0.39 is 23.4 Å². The van der Waals surface area contributed by atoms with Gasteiger partial charge < -0.3 is 17.3 Å². The second-order valence-corrected chi connectivity index (χ2v) is 25.3. The van der Waals surface area contributed by atoms with Crippen LogP contribution in [-0.2, 0) is 17.1 Å². The fourth-order valence-electron chi connectivity index (χ4n) is 2.71. The van der Waals surface area contributed by atoms with Gasteiger partial charge in [-0.3, -0.25) is 0 Å². The molecule has 1 aliphatic carbocycles. The minimum absolute atomic E-state index is 0. The quantitative estimate of drug-likeness (QED) is 0.189. The summed E-state index contributed by atoms with van der Waals surface area (Å²) in [6.07, 6.45) is 18.0. The smallest absolute Gasteiger partial charge is 0.418 e. The monoisotopic (exact) mass is 560 g/mol. The molecule has 0 aromatic rings. The van der Waals surface area contributed by atoms with Gasteiger partial charge in [-0.25, -0.2) is 0 Å². The predicted octanol–water partition coefficient (Wildman–Crippen LogP) is 7.67. The van der Waals surface area contributed by atoms with Gasteiger partial charge in [0.1, 0.15) is 0 Å². The van der Waals surface area contributed by atoms with Crippen molar-refractivity contribution in [1.29, 1.82) is 0 Å². The van der Waals surface area contributed by atoms with Crippen LogP contribution in [-0.4, -0.2) is 66.5 Å². The normalized spacial score (nSPS) is 23.9. The van der Waals surface area contributed by atoms with Crippen molar-refractivity contribution in [3.8, 4) is 0 Å². The molecule has 11 heteroatoms. The van der Waals surface area contributed by atoms with Crippen LogP contribution < -0.4 is 0 Å². The van der Waals surface area contributed by atoms with Crippen LogP contribution in [0, 0.1) is 30.3 Å². The van der Waals surface area contributed by atoms with E-state index in [1.54, 1.807) is 48.1 Å². The molecular formula is C19H40BF4FeP3Si2+. The van der Waals surface area contributed by atoms with E-state index >= 15 is 0 Å². The molecule has 0 spiro atoms. The zero-order valence-corrected chi connectivity index (χ0v) is 25.6. The van der Waals surface area contributed by atoms with Gasteiger partial charge in [-0.1, -0.05) is 46.2 Å². The van der Waals surface area contributed by atoms with E-state index in [9.17, 15) is 17.3 Å². The third-order valence-electron chi connectivity index (χ3n) is 4.62. The molecular weight excluding hydrogens is 520 g/mol. The van der Waals surface area contributed by atoms with Gasteiger partial charge in [0.05, 0.1) is 16.1 Å². The Kier molecular flexibility index (Phi) is 18.9. The van der Waals surface area contributed by atoms with E-state index in [2.05, 4.69) is 65.5 Å². The summed E-state index contributed by atoms with van der Waals surface area (Å²) in [4.78, 5) is 0. The van der Waals surface area contributed by atoms with Crippen LogP contribution in [0.5, 0.6) is 0 Å². The van der Waals surface area contributed by atoms with Gasteiger partial charge in [-0.05, 0) is 73.5 Å². The molecule has 0 bridgehead atoms. The fraction of sp³-hybridized carbons (Fsp3) is 0.737. The summed E-state index contributed by atoms with van der Waals surface area (Å²) in [7, 11) is -5.06. The third-order valence-corrected chi connectivity index (χ3v) is 15.1. The Bertz CT molecular complexity index is 399. The summed E-state index contributed by atoms with van der Waals surface area (Å²) in [5.41, 5.74) is 3.23. The van der Waals surface area contributed by atoms with Crippen molar-refractivity contribution in [3.05, 3.63) is 30.3 Å². The Morgan fingerprint density at radius 1 is 0.800 bits per heavy atom. The first-order valence-electron chi connectivity index (χ1n) is 10.4. The topological polar surface area (TPSA) is 0 Å². The van der Waals surface area contributed by atoms with Crippen LogP contribution in [0.3, 0.4) is 0 Å². The van der Waals surface area contributed by atoms with Gasteiger partial charge in [0.2, 0.25) is 0 Å². The van der Waals surface area contributed by atoms with Crippen molar-refractivity contribution in [3.63, 3.8) is 0 Å². The van der Waals surface area contributed by atoms with E-state index in [1.807, 2.05) is 0 Å². The molecule has 2 aliphatic rings. The van der Waals surface area contributed by atoms with Gasteiger partial charge in [0.15, 0.2) is 0 Å². The summed E-state index contributed by atoms with van der Waals surface area (Å²) < 4.78 is 39.0. The molecule has 0 aromatic carbocycles. The molecule has 1 saturated carbocycles.